The molecule has 104 valence electrons. The van der Waals surface area contributed by atoms with Crippen LogP contribution in [0.4, 0.5) is 0 Å². The summed E-state index contributed by atoms with van der Waals surface area (Å²) in [7, 11) is -3.67. The lowest BCUT2D eigenvalue weighted by molar-refractivity contribution is -0.115. The fourth-order valence-corrected chi connectivity index (χ4v) is 4.57. The van der Waals surface area contributed by atoms with Gasteiger partial charge in [-0.3, -0.25) is 4.79 Å². The van der Waals surface area contributed by atoms with Gasteiger partial charge in [-0.25, -0.2) is 13.1 Å². The van der Waals surface area contributed by atoms with Crippen molar-refractivity contribution < 1.29 is 17.9 Å². The maximum Gasteiger partial charge on any atom is 0.274 e. The first-order valence-corrected chi connectivity index (χ1v) is 9.03. The van der Waals surface area contributed by atoms with Crippen LogP contribution in [0.2, 0.25) is 0 Å². The van der Waals surface area contributed by atoms with Crippen molar-refractivity contribution in [1.82, 2.24) is 4.72 Å². The Labute approximate surface area is 120 Å². The number of ether oxygens (including phenoxy) is 1. The van der Waals surface area contributed by atoms with Crippen molar-refractivity contribution in [3.05, 3.63) is 33.1 Å². The monoisotopic (exact) mass is 319 g/mol. The Morgan fingerprint density at radius 3 is 2.95 bits per heavy atom. The topological polar surface area (TPSA) is 72.5 Å². The van der Waals surface area contributed by atoms with Crippen LogP contribution in [0.3, 0.4) is 0 Å². The molecule has 2 heterocycles. The second-order valence-electron chi connectivity index (χ2n) is 3.85. The van der Waals surface area contributed by atoms with Crippen molar-refractivity contribution in [3.8, 4) is 0 Å². The number of thioether (sulfide) groups is 1. The zero-order chi connectivity index (χ0) is 13.9. The standard InChI is InChI=1S/C11H13NO4S3/c1-8-10(18-6-4-16-8)11(13)12-19(14,15)7-9-3-2-5-17-9/h2-3,5H,4,6-7H2,1H3,(H,12,13). The predicted molar refractivity (Wildman–Crippen MR) is 76.2 cm³/mol. The first-order valence-electron chi connectivity index (χ1n) is 5.51. The number of allylic oxidation sites excluding steroid dienone is 1. The summed E-state index contributed by atoms with van der Waals surface area (Å²) in [5.74, 6) is 0.318. The first-order chi connectivity index (χ1) is 8.98. The zero-order valence-corrected chi connectivity index (χ0v) is 12.7. The van der Waals surface area contributed by atoms with Gasteiger partial charge in [-0.05, 0) is 18.4 Å². The van der Waals surface area contributed by atoms with Crippen molar-refractivity contribution in [2.45, 2.75) is 12.7 Å². The van der Waals surface area contributed by atoms with Gasteiger partial charge in [0, 0.05) is 10.6 Å². The van der Waals surface area contributed by atoms with E-state index in [9.17, 15) is 13.2 Å². The summed E-state index contributed by atoms with van der Waals surface area (Å²) in [4.78, 5) is 12.9. The SMILES string of the molecule is CC1=C(C(=O)NS(=O)(=O)Cc2cccs2)SCCO1. The summed E-state index contributed by atoms with van der Waals surface area (Å²) in [5.41, 5.74) is 0. The van der Waals surface area contributed by atoms with Crippen LogP contribution in [0.25, 0.3) is 0 Å². The van der Waals surface area contributed by atoms with E-state index in [1.54, 1.807) is 24.4 Å². The van der Waals surface area contributed by atoms with E-state index >= 15 is 0 Å². The second-order valence-corrected chi connectivity index (χ2v) is 7.71. The number of carbonyl (C=O) groups is 1. The fraction of sp³-hybridized carbons (Fsp3) is 0.364. The van der Waals surface area contributed by atoms with Gasteiger partial charge >= 0.3 is 0 Å². The molecule has 1 aliphatic rings. The average Bonchev–Trinajstić information content (AvgIpc) is 2.80. The summed E-state index contributed by atoms with van der Waals surface area (Å²) < 4.78 is 31.0. The highest BCUT2D eigenvalue weighted by atomic mass is 32.2. The number of nitrogens with one attached hydrogen (secondary N) is 1. The predicted octanol–water partition coefficient (Wildman–Crippen LogP) is 1.69. The van der Waals surface area contributed by atoms with Gasteiger partial charge in [0.25, 0.3) is 5.91 Å². The third-order valence-electron chi connectivity index (χ3n) is 2.33. The third-order valence-corrected chi connectivity index (χ3v) is 5.71. The molecule has 19 heavy (non-hydrogen) atoms. The van der Waals surface area contributed by atoms with Crippen LogP contribution in [0.1, 0.15) is 11.8 Å². The third kappa shape index (κ3) is 3.99. The van der Waals surface area contributed by atoms with E-state index < -0.39 is 15.9 Å². The lowest BCUT2D eigenvalue weighted by atomic mass is 10.4. The number of amides is 1. The first kappa shape index (κ1) is 14.4. The normalized spacial score (nSPS) is 16.1. The number of hydrogen-bond acceptors (Lipinski definition) is 6. The van der Waals surface area contributed by atoms with Gasteiger partial charge in [-0.1, -0.05) is 6.07 Å². The molecule has 8 heteroatoms. The van der Waals surface area contributed by atoms with Crippen molar-refractivity contribution in [1.29, 1.82) is 0 Å². The van der Waals surface area contributed by atoms with Crippen LogP contribution in [-0.4, -0.2) is 26.7 Å². The maximum absolute atomic E-state index is 11.9. The summed E-state index contributed by atoms with van der Waals surface area (Å²) in [6.45, 7) is 2.20. The minimum absolute atomic E-state index is 0.186. The summed E-state index contributed by atoms with van der Waals surface area (Å²) >= 11 is 2.65. The average molecular weight is 319 g/mol. The highest BCUT2D eigenvalue weighted by molar-refractivity contribution is 8.04. The van der Waals surface area contributed by atoms with E-state index in [4.69, 9.17) is 4.74 Å². The molecule has 0 spiro atoms. The van der Waals surface area contributed by atoms with Crippen LogP contribution < -0.4 is 4.72 Å². The number of hydrogen-bond donors (Lipinski definition) is 1. The van der Waals surface area contributed by atoms with E-state index in [1.165, 1.54) is 23.1 Å². The quantitative estimate of drug-likeness (QED) is 0.914. The van der Waals surface area contributed by atoms with Gasteiger partial charge in [0.1, 0.15) is 16.4 Å². The molecule has 0 saturated heterocycles. The van der Waals surface area contributed by atoms with Gasteiger partial charge in [0.15, 0.2) is 0 Å². The Morgan fingerprint density at radius 1 is 1.53 bits per heavy atom. The molecule has 0 bridgehead atoms. The van der Waals surface area contributed by atoms with Crippen molar-refractivity contribution in [2.75, 3.05) is 12.4 Å². The van der Waals surface area contributed by atoms with Crippen LogP contribution in [0.15, 0.2) is 28.2 Å². The van der Waals surface area contributed by atoms with Gasteiger partial charge < -0.3 is 4.74 Å². The van der Waals surface area contributed by atoms with Crippen LogP contribution in [-0.2, 0) is 25.3 Å². The molecule has 0 aromatic carbocycles. The molecule has 0 saturated carbocycles. The van der Waals surface area contributed by atoms with Crippen molar-refractivity contribution in [2.24, 2.45) is 0 Å². The van der Waals surface area contributed by atoms with Gasteiger partial charge in [0.05, 0.1) is 6.61 Å². The molecule has 1 aliphatic heterocycles. The van der Waals surface area contributed by atoms with E-state index in [0.29, 0.717) is 27.9 Å². The molecule has 0 unspecified atom stereocenters. The molecule has 5 nitrogen and oxygen atoms in total. The van der Waals surface area contributed by atoms with E-state index in [-0.39, 0.29) is 5.75 Å². The Hall–Kier alpha value is -0.990. The van der Waals surface area contributed by atoms with Crippen LogP contribution in [0.5, 0.6) is 0 Å². The molecule has 0 fully saturated rings. The minimum Gasteiger partial charge on any atom is -0.496 e. The summed E-state index contributed by atoms with van der Waals surface area (Å²) in [6.07, 6.45) is 0. The lowest BCUT2D eigenvalue weighted by Crippen LogP contribution is -2.33. The molecule has 0 radical (unpaired) electrons. The molecule has 0 atom stereocenters. The van der Waals surface area contributed by atoms with Gasteiger partial charge in [-0.15, -0.1) is 23.1 Å². The summed E-state index contributed by atoms with van der Waals surface area (Å²) in [6, 6.07) is 3.49. The molecular weight excluding hydrogens is 306 g/mol. The second kappa shape index (κ2) is 5.98. The number of thiophene rings is 1. The zero-order valence-electron chi connectivity index (χ0n) is 10.2. The van der Waals surface area contributed by atoms with Crippen LogP contribution in [0, 0.1) is 0 Å². The Balaban J connectivity index is 2.06. The van der Waals surface area contributed by atoms with Crippen LogP contribution >= 0.6 is 23.1 Å². The summed E-state index contributed by atoms with van der Waals surface area (Å²) in [5, 5.41) is 1.80. The minimum atomic E-state index is -3.67. The number of carbonyl (C=O) groups excluding carboxylic acids is 1. The molecule has 1 N–H and O–H groups in total. The van der Waals surface area contributed by atoms with E-state index in [2.05, 4.69) is 4.72 Å². The Kier molecular flexibility index (Phi) is 4.54. The Bertz CT molecular complexity index is 589. The lowest BCUT2D eigenvalue weighted by Gasteiger charge is -2.17. The smallest absolute Gasteiger partial charge is 0.274 e. The molecule has 0 aliphatic carbocycles. The van der Waals surface area contributed by atoms with Gasteiger partial charge in [0.2, 0.25) is 10.0 Å². The largest absolute Gasteiger partial charge is 0.496 e. The van der Waals surface area contributed by atoms with E-state index in [1.807, 2.05) is 0 Å². The van der Waals surface area contributed by atoms with Crippen molar-refractivity contribution >= 4 is 39.0 Å². The molecule has 1 aromatic rings. The molecule has 1 aromatic heterocycles. The van der Waals surface area contributed by atoms with Gasteiger partial charge in [-0.2, -0.15) is 0 Å². The molecule has 2 rings (SSSR count). The fourth-order valence-electron chi connectivity index (χ4n) is 1.54. The van der Waals surface area contributed by atoms with Crippen molar-refractivity contribution in [3.63, 3.8) is 0 Å². The maximum atomic E-state index is 11.9. The number of rotatable bonds is 4. The molecule has 1 amide bonds. The Morgan fingerprint density at radius 2 is 2.32 bits per heavy atom. The van der Waals surface area contributed by atoms with E-state index in [0.717, 1.165) is 0 Å². The number of sulfonamides is 1. The highest BCUT2D eigenvalue weighted by Crippen LogP contribution is 2.25. The highest BCUT2D eigenvalue weighted by Gasteiger charge is 2.23. The molecular formula is C11H13NO4S3.